The minimum atomic E-state index is -0.524. The Labute approximate surface area is 126 Å². The van der Waals surface area contributed by atoms with Crippen LogP contribution in [-0.4, -0.2) is 9.91 Å². The number of rotatable bonds is 5. The standard InChI is InChI=1S/C15H15F2N3O2/c1-3-13(11-7-10(16)4-5-12(11)17)19-15-6-9(2)14(8-18-15)20(21)22/h4-8,13H,3H2,1-2H3,(H,18,19). The third kappa shape index (κ3) is 3.36. The lowest BCUT2D eigenvalue weighted by molar-refractivity contribution is -0.385. The molecular weight excluding hydrogens is 292 g/mol. The number of pyridine rings is 1. The smallest absolute Gasteiger partial charge is 0.290 e. The molecule has 0 fully saturated rings. The van der Waals surface area contributed by atoms with Crippen molar-refractivity contribution in [2.45, 2.75) is 26.3 Å². The van der Waals surface area contributed by atoms with Crippen LogP contribution in [0, 0.1) is 28.7 Å². The molecule has 1 N–H and O–H groups in total. The molecule has 0 amide bonds. The lowest BCUT2D eigenvalue weighted by Gasteiger charge is -2.19. The second-order valence-corrected chi connectivity index (χ2v) is 4.88. The maximum atomic E-state index is 13.8. The van der Waals surface area contributed by atoms with E-state index in [2.05, 4.69) is 10.3 Å². The zero-order valence-corrected chi connectivity index (χ0v) is 12.1. The van der Waals surface area contributed by atoms with Crippen molar-refractivity contribution in [1.29, 1.82) is 0 Å². The van der Waals surface area contributed by atoms with E-state index in [-0.39, 0.29) is 11.3 Å². The molecule has 0 aliphatic carbocycles. The number of benzene rings is 1. The number of aromatic nitrogens is 1. The first-order chi connectivity index (χ1) is 10.4. The van der Waals surface area contributed by atoms with E-state index < -0.39 is 22.6 Å². The summed E-state index contributed by atoms with van der Waals surface area (Å²) in [7, 11) is 0. The Morgan fingerprint density at radius 1 is 1.36 bits per heavy atom. The predicted octanol–water partition coefficient (Wildman–Crippen LogP) is 4.14. The van der Waals surface area contributed by atoms with Gasteiger partial charge in [0.2, 0.25) is 0 Å². The van der Waals surface area contributed by atoms with Gasteiger partial charge in [-0.05, 0) is 37.6 Å². The lowest BCUT2D eigenvalue weighted by Crippen LogP contribution is -2.13. The van der Waals surface area contributed by atoms with Gasteiger partial charge in [0.05, 0.1) is 11.0 Å². The highest BCUT2D eigenvalue weighted by Gasteiger charge is 2.17. The summed E-state index contributed by atoms with van der Waals surface area (Å²) in [5.74, 6) is -0.664. The first-order valence-electron chi connectivity index (χ1n) is 6.75. The van der Waals surface area contributed by atoms with Gasteiger partial charge in [-0.15, -0.1) is 0 Å². The molecule has 2 aromatic rings. The average Bonchev–Trinajstić information content (AvgIpc) is 2.47. The van der Waals surface area contributed by atoms with Gasteiger partial charge in [0.1, 0.15) is 23.6 Å². The summed E-state index contributed by atoms with van der Waals surface area (Å²) in [6.45, 7) is 3.41. The van der Waals surface area contributed by atoms with Gasteiger partial charge in [-0.2, -0.15) is 0 Å². The highest BCUT2D eigenvalue weighted by atomic mass is 19.1. The van der Waals surface area contributed by atoms with Crippen LogP contribution in [0.4, 0.5) is 20.3 Å². The van der Waals surface area contributed by atoms with Gasteiger partial charge in [0.15, 0.2) is 0 Å². The van der Waals surface area contributed by atoms with E-state index in [1.807, 2.05) is 6.92 Å². The van der Waals surface area contributed by atoms with Crippen molar-refractivity contribution < 1.29 is 13.7 Å². The number of nitrogens with one attached hydrogen (secondary N) is 1. The molecule has 2 rings (SSSR count). The fraction of sp³-hybridized carbons (Fsp3) is 0.267. The van der Waals surface area contributed by atoms with E-state index in [0.29, 0.717) is 17.8 Å². The molecule has 0 radical (unpaired) electrons. The number of nitrogens with zero attached hydrogens (tertiary/aromatic N) is 2. The zero-order chi connectivity index (χ0) is 16.3. The molecule has 7 heteroatoms. The molecule has 5 nitrogen and oxygen atoms in total. The normalized spacial score (nSPS) is 12.0. The molecular formula is C15H15F2N3O2. The van der Waals surface area contributed by atoms with Crippen molar-refractivity contribution in [3.05, 3.63) is 63.3 Å². The molecule has 1 aromatic heterocycles. The van der Waals surface area contributed by atoms with E-state index in [1.165, 1.54) is 6.07 Å². The van der Waals surface area contributed by atoms with Gasteiger partial charge in [-0.1, -0.05) is 6.92 Å². The van der Waals surface area contributed by atoms with Crippen LogP contribution in [-0.2, 0) is 0 Å². The Kier molecular flexibility index (Phi) is 4.65. The fourth-order valence-electron chi connectivity index (χ4n) is 2.18. The van der Waals surface area contributed by atoms with Crippen molar-refractivity contribution in [2.24, 2.45) is 0 Å². The van der Waals surface area contributed by atoms with Crippen LogP contribution in [0.3, 0.4) is 0 Å². The van der Waals surface area contributed by atoms with Gasteiger partial charge >= 0.3 is 0 Å². The molecule has 0 bridgehead atoms. The van der Waals surface area contributed by atoms with E-state index in [4.69, 9.17) is 0 Å². The molecule has 22 heavy (non-hydrogen) atoms. The molecule has 0 aliphatic rings. The molecule has 0 spiro atoms. The van der Waals surface area contributed by atoms with Gasteiger partial charge in [-0.25, -0.2) is 13.8 Å². The van der Waals surface area contributed by atoms with E-state index in [9.17, 15) is 18.9 Å². The van der Waals surface area contributed by atoms with Crippen LogP contribution < -0.4 is 5.32 Å². The third-order valence-electron chi connectivity index (χ3n) is 3.34. The predicted molar refractivity (Wildman–Crippen MR) is 78.6 cm³/mol. The Morgan fingerprint density at radius 3 is 2.68 bits per heavy atom. The quantitative estimate of drug-likeness (QED) is 0.666. The lowest BCUT2D eigenvalue weighted by atomic mass is 10.0. The van der Waals surface area contributed by atoms with Gasteiger partial charge in [0.25, 0.3) is 5.69 Å². The monoisotopic (exact) mass is 307 g/mol. The van der Waals surface area contributed by atoms with E-state index >= 15 is 0 Å². The van der Waals surface area contributed by atoms with E-state index in [0.717, 1.165) is 24.4 Å². The Hall–Kier alpha value is -2.57. The summed E-state index contributed by atoms with van der Waals surface area (Å²) in [4.78, 5) is 14.2. The summed E-state index contributed by atoms with van der Waals surface area (Å²) in [6.07, 6.45) is 1.64. The zero-order valence-electron chi connectivity index (χ0n) is 12.1. The first-order valence-corrected chi connectivity index (χ1v) is 6.75. The number of hydrogen-bond donors (Lipinski definition) is 1. The maximum Gasteiger partial charge on any atom is 0.290 e. The fourth-order valence-corrected chi connectivity index (χ4v) is 2.18. The Balaban J connectivity index is 2.29. The number of aryl methyl sites for hydroxylation is 1. The van der Waals surface area contributed by atoms with Gasteiger partial charge in [-0.3, -0.25) is 10.1 Å². The van der Waals surface area contributed by atoms with Crippen LogP contribution in [0.2, 0.25) is 0 Å². The molecule has 116 valence electrons. The largest absolute Gasteiger partial charge is 0.363 e. The Morgan fingerprint density at radius 2 is 2.09 bits per heavy atom. The third-order valence-corrected chi connectivity index (χ3v) is 3.34. The molecule has 1 heterocycles. The molecule has 0 saturated carbocycles. The molecule has 0 aliphatic heterocycles. The van der Waals surface area contributed by atoms with Crippen LogP contribution in [0.5, 0.6) is 0 Å². The van der Waals surface area contributed by atoms with Crippen LogP contribution in [0.15, 0.2) is 30.5 Å². The highest BCUT2D eigenvalue weighted by Crippen LogP contribution is 2.26. The Bertz CT molecular complexity index is 707. The first kappa shape index (κ1) is 15.8. The highest BCUT2D eigenvalue weighted by molar-refractivity contribution is 5.48. The van der Waals surface area contributed by atoms with Crippen molar-refractivity contribution in [3.63, 3.8) is 0 Å². The summed E-state index contributed by atoms with van der Waals surface area (Å²) in [5.41, 5.74) is 0.549. The second-order valence-electron chi connectivity index (χ2n) is 4.88. The van der Waals surface area contributed by atoms with Crippen molar-refractivity contribution >= 4 is 11.5 Å². The SMILES string of the molecule is CCC(Nc1cc(C)c([N+](=O)[O-])cn1)c1cc(F)ccc1F. The van der Waals surface area contributed by atoms with Crippen LogP contribution in [0.1, 0.15) is 30.5 Å². The molecule has 1 unspecified atom stereocenters. The minimum absolute atomic E-state index is 0.0875. The minimum Gasteiger partial charge on any atom is -0.363 e. The summed E-state index contributed by atoms with van der Waals surface area (Å²) in [6, 6.07) is 4.29. The molecule has 0 saturated heterocycles. The van der Waals surface area contributed by atoms with E-state index in [1.54, 1.807) is 6.92 Å². The topological polar surface area (TPSA) is 68.1 Å². The number of nitro groups is 1. The number of halogens is 2. The number of hydrogen-bond acceptors (Lipinski definition) is 4. The van der Waals surface area contributed by atoms with Crippen LogP contribution >= 0.6 is 0 Å². The summed E-state index contributed by atoms with van der Waals surface area (Å²) >= 11 is 0. The van der Waals surface area contributed by atoms with Gasteiger partial charge in [0, 0.05) is 11.1 Å². The molecule has 1 aromatic carbocycles. The second kappa shape index (κ2) is 6.46. The maximum absolute atomic E-state index is 13.8. The number of anilines is 1. The van der Waals surface area contributed by atoms with Crippen molar-refractivity contribution in [3.8, 4) is 0 Å². The van der Waals surface area contributed by atoms with Crippen molar-refractivity contribution in [2.75, 3.05) is 5.32 Å². The summed E-state index contributed by atoms with van der Waals surface area (Å²) < 4.78 is 27.1. The molecule has 1 atom stereocenters. The van der Waals surface area contributed by atoms with Gasteiger partial charge < -0.3 is 5.32 Å². The van der Waals surface area contributed by atoms with Crippen LogP contribution in [0.25, 0.3) is 0 Å². The van der Waals surface area contributed by atoms with Crippen molar-refractivity contribution in [1.82, 2.24) is 4.98 Å². The average molecular weight is 307 g/mol. The summed E-state index contributed by atoms with van der Waals surface area (Å²) in [5, 5.41) is 13.7.